The SMILES string of the molecule is CCNC(CSc1cccc(Cl)c1)c1csc(C)c1. The van der Waals surface area contributed by atoms with Crippen LogP contribution in [-0.4, -0.2) is 12.3 Å². The van der Waals surface area contributed by atoms with Crippen molar-refractivity contribution in [2.75, 3.05) is 12.3 Å². The minimum Gasteiger partial charge on any atom is -0.309 e. The van der Waals surface area contributed by atoms with Crippen LogP contribution in [-0.2, 0) is 0 Å². The molecule has 0 radical (unpaired) electrons. The van der Waals surface area contributed by atoms with Gasteiger partial charge in [-0.15, -0.1) is 23.1 Å². The fourth-order valence-electron chi connectivity index (χ4n) is 1.90. The van der Waals surface area contributed by atoms with E-state index in [0.717, 1.165) is 17.3 Å². The maximum absolute atomic E-state index is 6.01. The van der Waals surface area contributed by atoms with E-state index in [1.54, 1.807) is 0 Å². The Labute approximate surface area is 128 Å². The van der Waals surface area contributed by atoms with Crippen molar-refractivity contribution in [3.8, 4) is 0 Å². The molecule has 4 heteroatoms. The molecule has 0 saturated heterocycles. The minimum atomic E-state index is 0.402. The van der Waals surface area contributed by atoms with Gasteiger partial charge in [-0.25, -0.2) is 0 Å². The van der Waals surface area contributed by atoms with Crippen LogP contribution in [0.4, 0.5) is 0 Å². The van der Waals surface area contributed by atoms with E-state index in [2.05, 4.69) is 36.7 Å². The molecule has 0 bridgehead atoms. The Morgan fingerprint density at radius 3 is 2.84 bits per heavy atom. The van der Waals surface area contributed by atoms with E-state index in [4.69, 9.17) is 11.6 Å². The average molecular weight is 312 g/mol. The summed E-state index contributed by atoms with van der Waals surface area (Å²) in [5.41, 5.74) is 1.39. The van der Waals surface area contributed by atoms with Gasteiger partial charge in [-0.05, 0) is 48.7 Å². The average Bonchev–Trinajstić information content (AvgIpc) is 2.81. The van der Waals surface area contributed by atoms with Crippen molar-refractivity contribution in [2.24, 2.45) is 0 Å². The summed E-state index contributed by atoms with van der Waals surface area (Å²) < 4.78 is 0. The molecule has 1 unspecified atom stereocenters. The Morgan fingerprint density at radius 2 is 2.21 bits per heavy atom. The number of thiophene rings is 1. The third-order valence-electron chi connectivity index (χ3n) is 2.82. The predicted molar refractivity (Wildman–Crippen MR) is 87.6 cm³/mol. The zero-order valence-electron chi connectivity index (χ0n) is 11.2. The summed E-state index contributed by atoms with van der Waals surface area (Å²) in [4.78, 5) is 2.59. The van der Waals surface area contributed by atoms with Crippen LogP contribution in [0.2, 0.25) is 5.02 Å². The van der Waals surface area contributed by atoms with Crippen molar-refractivity contribution < 1.29 is 0 Å². The zero-order valence-corrected chi connectivity index (χ0v) is 13.5. The van der Waals surface area contributed by atoms with Crippen LogP contribution < -0.4 is 5.32 Å². The lowest BCUT2D eigenvalue weighted by Gasteiger charge is -2.16. The van der Waals surface area contributed by atoms with Crippen LogP contribution in [0.5, 0.6) is 0 Å². The summed E-state index contributed by atoms with van der Waals surface area (Å²) in [6, 6.07) is 10.7. The Morgan fingerprint density at radius 1 is 1.37 bits per heavy atom. The highest BCUT2D eigenvalue weighted by atomic mass is 35.5. The van der Waals surface area contributed by atoms with Crippen LogP contribution in [0.15, 0.2) is 40.6 Å². The highest BCUT2D eigenvalue weighted by molar-refractivity contribution is 7.99. The van der Waals surface area contributed by atoms with E-state index in [9.17, 15) is 0 Å². The molecule has 102 valence electrons. The van der Waals surface area contributed by atoms with Gasteiger partial charge >= 0.3 is 0 Å². The second kappa shape index (κ2) is 7.34. The number of hydrogen-bond donors (Lipinski definition) is 1. The lowest BCUT2D eigenvalue weighted by molar-refractivity contribution is 0.607. The summed E-state index contributed by atoms with van der Waals surface area (Å²) in [6.07, 6.45) is 0. The summed E-state index contributed by atoms with van der Waals surface area (Å²) >= 11 is 9.67. The summed E-state index contributed by atoms with van der Waals surface area (Å²) in [6.45, 7) is 5.28. The number of benzene rings is 1. The second-order valence-electron chi connectivity index (χ2n) is 4.37. The minimum absolute atomic E-state index is 0.402. The maximum atomic E-state index is 6.01. The normalized spacial score (nSPS) is 12.6. The standard InChI is InChI=1S/C15H18ClNS2/c1-3-17-15(12-7-11(2)18-9-12)10-19-14-6-4-5-13(16)8-14/h4-9,15,17H,3,10H2,1-2H3. The van der Waals surface area contributed by atoms with Crippen LogP contribution in [0.1, 0.15) is 23.4 Å². The second-order valence-corrected chi connectivity index (χ2v) is 7.01. The monoisotopic (exact) mass is 311 g/mol. The first-order chi connectivity index (χ1) is 9.19. The van der Waals surface area contributed by atoms with Gasteiger partial charge in [0.2, 0.25) is 0 Å². The van der Waals surface area contributed by atoms with Gasteiger partial charge in [-0.1, -0.05) is 24.6 Å². The molecule has 0 spiro atoms. The Balaban J connectivity index is 2.01. The van der Waals surface area contributed by atoms with Gasteiger partial charge in [0.1, 0.15) is 0 Å². The Kier molecular flexibility index (Phi) is 5.76. The van der Waals surface area contributed by atoms with Crippen molar-refractivity contribution in [1.29, 1.82) is 0 Å². The third kappa shape index (κ3) is 4.53. The van der Waals surface area contributed by atoms with E-state index in [1.165, 1.54) is 15.3 Å². The fraction of sp³-hybridized carbons (Fsp3) is 0.333. The molecule has 1 aromatic heterocycles. The Hall–Kier alpha value is -0.480. The smallest absolute Gasteiger partial charge is 0.0423 e. The number of hydrogen-bond acceptors (Lipinski definition) is 3. The van der Waals surface area contributed by atoms with Crippen molar-refractivity contribution in [3.05, 3.63) is 51.2 Å². The molecule has 2 rings (SSSR count). The first-order valence-electron chi connectivity index (χ1n) is 6.36. The van der Waals surface area contributed by atoms with E-state index in [0.29, 0.717) is 6.04 Å². The maximum Gasteiger partial charge on any atom is 0.0423 e. The summed E-state index contributed by atoms with van der Waals surface area (Å²) in [5.74, 6) is 1.02. The molecular formula is C15H18ClNS2. The molecule has 0 fully saturated rings. The van der Waals surface area contributed by atoms with Crippen LogP contribution in [0, 0.1) is 6.92 Å². The molecule has 1 nitrogen and oxygen atoms in total. The fourth-order valence-corrected chi connectivity index (χ4v) is 3.97. The predicted octanol–water partition coefficient (Wildman–Crippen LogP) is 5.15. The van der Waals surface area contributed by atoms with Gasteiger partial charge in [0.15, 0.2) is 0 Å². The Bertz CT molecular complexity index is 524. The lowest BCUT2D eigenvalue weighted by atomic mass is 10.2. The van der Waals surface area contributed by atoms with Gasteiger partial charge in [-0.2, -0.15) is 0 Å². The van der Waals surface area contributed by atoms with Gasteiger partial charge in [0, 0.05) is 26.6 Å². The molecule has 0 aliphatic heterocycles. The van der Waals surface area contributed by atoms with E-state index in [-0.39, 0.29) is 0 Å². The third-order valence-corrected chi connectivity index (χ3v) is 5.02. The molecule has 19 heavy (non-hydrogen) atoms. The van der Waals surface area contributed by atoms with Crippen molar-refractivity contribution in [1.82, 2.24) is 5.32 Å². The lowest BCUT2D eigenvalue weighted by Crippen LogP contribution is -2.22. The molecule has 0 saturated carbocycles. The first-order valence-corrected chi connectivity index (χ1v) is 8.60. The molecule has 0 amide bonds. The molecule has 0 aliphatic rings. The molecule has 2 aromatic rings. The number of halogens is 1. The molecule has 1 heterocycles. The molecule has 1 N–H and O–H groups in total. The number of aryl methyl sites for hydroxylation is 1. The topological polar surface area (TPSA) is 12.0 Å². The number of thioether (sulfide) groups is 1. The zero-order chi connectivity index (χ0) is 13.7. The van der Waals surface area contributed by atoms with Crippen molar-refractivity contribution in [3.63, 3.8) is 0 Å². The highest BCUT2D eigenvalue weighted by Crippen LogP contribution is 2.28. The van der Waals surface area contributed by atoms with Crippen molar-refractivity contribution >= 4 is 34.7 Å². The number of rotatable bonds is 6. The summed E-state index contributed by atoms with van der Waals surface area (Å²) in [7, 11) is 0. The van der Waals surface area contributed by atoms with Gasteiger partial charge in [0.05, 0.1) is 0 Å². The van der Waals surface area contributed by atoms with E-state index < -0.39 is 0 Å². The van der Waals surface area contributed by atoms with E-state index in [1.807, 2.05) is 41.3 Å². The quantitative estimate of drug-likeness (QED) is 0.740. The van der Waals surface area contributed by atoms with Crippen LogP contribution in [0.25, 0.3) is 0 Å². The molecule has 0 aliphatic carbocycles. The first kappa shape index (κ1) is 14.9. The number of nitrogens with one attached hydrogen (secondary N) is 1. The van der Waals surface area contributed by atoms with Gasteiger partial charge < -0.3 is 5.32 Å². The van der Waals surface area contributed by atoms with Crippen LogP contribution in [0.3, 0.4) is 0 Å². The highest BCUT2D eigenvalue weighted by Gasteiger charge is 2.12. The molecule has 1 aromatic carbocycles. The summed E-state index contributed by atoms with van der Waals surface area (Å²) in [5, 5.41) is 6.60. The van der Waals surface area contributed by atoms with E-state index >= 15 is 0 Å². The molecular weight excluding hydrogens is 294 g/mol. The van der Waals surface area contributed by atoms with Crippen LogP contribution >= 0.6 is 34.7 Å². The molecule has 1 atom stereocenters. The van der Waals surface area contributed by atoms with Gasteiger partial charge in [0.25, 0.3) is 0 Å². The van der Waals surface area contributed by atoms with Crippen molar-refractivity contribution in [2.45, 2.75) is 24.8 Å². The largest absolute Gasteiger partial charge is 0.309 e. The van der Waals surface area contributed by atoms with Gasteiger partial charge in [-0.3, -0.25) is 0 Å².